The summed E-state index contributed by atoms with van der Waals surface area (Å²) in [6.45, 7) is 6.41. The molecule has 0 saturated carbocycles. The molecule has 2 heterocycles. The number of benzene rings is 1. The summed E-state index contributed by atoms with van der Waals surface area (Å²) in [7, 11) is 0. The Morgan fingerprint density at radius 3 is 2.67 bits per heavy atom. The number of ether oxygens (including phenoxy) is 1. The summed E-state index contributed by atoms with van der Waals surface area (Å²) >= 11 is 1.49. The molecule has 0 radical (unpaired) electrons. The van der Waals surface area contributed by atoms with Crippen LogP contribution in [-0.4, -0.2) is 59.2 Å². The fourth-order valence-corrected chi connectivity index (χ4v) is 4.19. The van der Waals surface area contributed by atoms with Crippen molar-refractivity contribution in [3.8, 4) is 10.6 Å². The number of thiazole rings is 1. The van der Waals surface area contributed by atoms with Crippen LogP contribution in [0.5, 0.6) is 0 Å². The molecule has 1 saturated heterocycles. The zero-order valence-corrected chi connectivity index (χ0v) is 18.1. The Balaban J connectivity index is 1.54. The number of nitrogens with zero attached hydrogens (tertiary/aromatic N) is 2. The van der Waals surface area contributed by atoms with Gasteiger partial charge in [-0.15, -0.1) is 11.3 Å². The van der Waals surface area contributed by atoms with Gasteiger partial charge in [0.1, 0.15) is 11.0 Å². The van der Waals surface area contributed by atoms with Gasteiger partial charge in [-0.05, 0) is 12.0 Å². The normalized spacial score (nSPS) is 15.6. The first-order chi connectivity index (χ1) is 14.5. The zero-order valence-electron chi connectivity index (χ0n) is 17.3. The number of carboxylic acid groups (broad SMARTS) is 1. The molecule has 30 heavy (non-hydrogen) atoms. The van der Waals surface area contributed by atoms with E-state index in [9.17, 15) is 14.7 Å². The molecule has 0 spiro atoms. The van der Waals surface area contributed by atoms with E-state index in [-0.39, 0.29) is 12.3 Å². The topological polar surface area (TPSA) is 91.8 Å². The van der Waals surface area contributed by atoms with E-state index in [1.165, 1.54) is 16.9 Å². The van der Waals surface area contributed by atoms with Gasteiger partial charge in [0.25, 0.3) is 0 Å². The Bertz CT molecular complexity index is 831. The number of morpholine rings is 1. The summed E-state index contributed by atoms with van der Waals surface area (Å²) < 4.78 is 5.39. The maximum atomic E-state index is 12.2. The SMILES string of the molecule is CCCCC(NC(=O)Cc1csc(-c2ccc(CN3CCOCC3)cc2)n1)C(=O)O. The van der Waals surface area contributed by atoms with E-state index >= 15 is 0 Å². The molecule has 0 bridgehead atoms. The third-order valence-electron chi connectivity index (χ3n) is 5.08. The van der Waals surface area contributed by atoms with Crippen LogP contribution in [0.4, 0.5) is 0 Å². The van der Waals surface area contributed by atoms with Crippen LogP contribution in [0.3, 0.4) is 0 Å². The van der Waals surface area contributed by atoms with Gasteiger partial charge in [-0.1, -0.05) is 44.0 Å². The van der Waals surface area contributed by atoms with Crippen molar-refractivity contribution in [1.82, 2.24) is 15.2 Å². The lowest BCUT2D eigenvalue weighted by atomic mass is 10.1. The molecule has 1 amide bonds. The lowest BCUT2D eigenvalue weighted by molar-refractivity contribution is -0.142. The van der Waals surface area contributed by atoms with Gasteiger partial charge in [-0.25, -0.2) is 9.78 Å². The van der Waals surface area contributed by atoms with Crippen molar-refractivity contribution in [2.45, 2.75) is 45.2 Å². The van der Waals surface area contributed by atoms with Crippen LogP contribution in [-0.2, 0) is 27.3 Å². The molecule has 162 valence electrons. The van der Waals surface area contributed by atoms with E-state index in [2.05, 4.69) is 39.5 Å². The lowest BCUT2D eigenvalue weighted by Crippen LogP contribution is -2.41. The number of nitrogens with one attached hydrogen (secondary N) is 1. The van der Waals surface area contributed by atoms with Gasteiger partial charge in [-0.2, -0.15) is 0 Å². The lowest BCUT2D eigenvalue weighted by Gasteiger charge is -2.26. The molecule has 0 aliphatic carbocycles. The number of carbonyl (C=O) groups is 2. The van der Waals surface area contributed by atoms with Gasteiger partial charge in [0.05, 0.1) is 25.3 Å². The second-order valence-corrected chi connectivity index (χ2v) is 8.36. The number of unbranched alkanes of at least 4 members (excludes halogenated alkanes) is 1. The van der Waals surface area contributed by atoms with Gasteiger partial charge in [-0.3, -0.25) is 9.69 Å². The quantitative estimate of drug-likeness (QED) is 0.601. The number of hydrogen-bond acceptors (Lipinski definition) is 6. The summed E-state index contributed by atoms with van der Waals surface area (Å²) in [4.78, 5) is 30.5. The minimum Gasteiger partial charge on any atom is -0.480 e. The number of amides is 1. The second-order valence-electron chi connectivity index (χ2n) is 7.51. The molecular weight excluding hydrogens is 402 g/mol. The van der Waals surface area contributed by atoms with Crippen LogP contribution in [0, 0.1) is 0 Å². The highest BCUT2D eigenvalue weighted by atomic mass is 32.1. The van der Waals surface area contributed by atoms with Crippen molar-refractivity contribution in [2.75, 3.05) is 26.3 Å². The first-order valence-electron chi connectivity index (χ1n) is 10.4. The second kappa shape index (κ2) is 11.2. The third kappa shape index (κ3) is 6.62. The minimum atomic E-state index is -0.993. The third-order valence-corrected chi connectivity index (χ3v) is 6.02. The Kier molecular flexibility index (Phi) is 8.36. The van der Waals surface area contributed by atoms with Crippen LogP contribution in [0.25, 0.3) is 10.6 Å². The zero-order chi connectivity index (χ0) is 21.3. The maximum absolute atomic E-state index is 12.2. The molecule has 1 atom stereocenters. The highest BCUT2D eigenvalue weighted by Crippen LogP contribution is 2.24. The largest absolute Gasteiger partial charge is 0.480 e. The maximum Gasteiger partial charge on any atom is 0.326 e. The van der Waals surface area contributed by atoms with Gasteiger partial charge in [0, 0.05) is 30.6 Å². The first-order valence-corrected chi connectivity index (χ1v) is 11.3. The first kappa shape index (κ1) is 22.4. The number of rotatable bonds is 10. The molecule has 1 aromatic heterocycles. The Labute approximate surface area is 181 Å². The van der Waals surface area contributed by atoms with Crippen molar-refractivity contribution in [3.05, 3.63) is 40.9 Å². The van der Waals surface area contributed by atoms with E-state index in [1.54, 1.807) is 0 Å². The summed E-state index contributed by atoms with van der Waals surface area (Å²) in [5.41, 5.74) is 2.93. The molecule has 1 unspecified atom stereocenters. The fourth-order valence-electron chi connectivity index (χ4n) is 3.37. The molecular formula is C22H29N3O4S. The van der Waals surface area contributed by atoms with E-state index < -0.39 is 12.0 Å². The van der Waals surface area contributed by atoms with Crippen LogP contribution in [0.15, 0.2) is 29.6 Å². The highest BCUT2D eigenvalue weighted by Gasteiger charge is 2.20. The van der Waals surface area contributed by atoms with Crippen molar-refractivity contribution in [3.63, 3.8) is 0 Å². The molecule has 2 aromatic rings. The molecule has 8 heteroatoms. The van der Waals surface area contributed by atoms with Crippen molar-refractivity contribution >= 4 is 23.2 Å². The van der Waals surface area contributed by atoms with Crippen LogP contribution >= 0.6 is 11.3 Å². The molecule has 7 nitrogen and oxygen atoms in total. The van der Waals surface area contributed by atoms with Crippen LogP contribution < -0.4 is 5.32 Å². The molecule has 1 aliphatic heterocycles. The number of aliphatic carboxylic acids is 1. The molecule has 1 fully saturated rings. The average molecular weight is 432 g/mol. The highest BCUT2D eigenvalue weighted by molar-refractivity contribution is 7.13. The van der Waals surface area contributed by atoms with Gasteiger partial charge < -0.3 is 15.2 Å². The van der Waals surface area contributed by atoms with Crippen LogP contribution in [0.2, 0.25) is 0 Å². The van der Waals surface area contributed by atoms with Crippen molar-refractivity contribution in [2.24, 2.45) is 0 Å². The summed E-state index contributed by atoms with van der Waals surface area (Å²) in [6.07, 6.45) is 2.18. The molecule has 1 aliphatic rings. The fraction of sp³-hybridized carbons (Fsp3) is 0.500. The van der Waals surface area contributed by atoms with Crippen molar-refractivity contribution < 1.29 is 19.4 Å². The summed E-state index contributed by atoms with van der Waals surface area (Å²) in [5, 5.41) is 14.6. The Hall–Kier alpha value is -2.29. The van der Waals surface area contributed by atoms with E-state index in [0.29, 0.717) is 12.1 Å². The minimum absolute atomic E-state index is 0.0848. The number of aromatic nitrogens is 1. The van der Waals surface area contributed by atoms with E-state index in [0.717, 1.165) is 56.3 Å². The summed E-state index contributed by atoms with van der Waals surface area (Å²) in [5.74, 6) is -1.30. The summed E-state index contributed by atoms with van der Waals surface area (Å²) in [6, 6.07) is 7.51. The predicted molar refractivity (Wildman–Crippen MR) is 116 cm³/mol. The van der Waals surface area contributed by atoms with Gasteiger partial charge >= 0.3 is 5.97 Å². The van der Waals surface area contributed by atoms with Gasteiger partial charge in [0.2, 0.25) is 5.91 Å². The smallest absolute Gasteiger partial charge is 0.326 e. The Morgan fingerprint density at radius 2 is 2.00 bits per heavy atom. The van der Waals surface area contributed by atoms with E-state index in [4.69, 9.17) is 4.74 Å². The molecule has 3 rings (SSSR count). The standard InChI is InChI=1S/C22H29N3O4S/c1-2-3-4-19(22(27)28)24-20(26)13-18-15-30-21(23-18)17-7-5-16(6-8-17)14-25-9-11-29-12-10-25/h5-8,15,19H,2-4,9-14H2,1H3,(H,24,26)(H,27,28). The predicted octanol–water partition coefficient (Wildman–Crippen LogP) is 2.94. The number of carboxylic acids is 1. The van der Waals surface area contributed by atoms with Crippen molar-refractivity contribution in [1.29, 1.82) is 0 Å². The molecule has 2 N–H and O–H groups in total. The van der Waals surface area contributed by atoms with E-state index in [1.807, 2.05) is 12.3 Å². The monoisotopic (exact) mass is 431 g/mol. The van der Waals surface area contributed by atoms with Crippen LogP contribution in [0.1, 0.15) is 37.4 Å². The number of carbonyl (C=O) groups excluding carboxylic acids is 1. The number of hydrogen-bond donors (Lipinski definition) is 2. The molecule has 1 aromatic carbocycles. The Morgan fingerprint density at radius 1 is 1.27 bits per heavy atom. The average Bonchev–Trinajstić information content (AvgIpc) is 3.20. The van der Waals surface area contributed by atoms with Gasteiger partial charge in [0.15, 0.2) is 0 Å².